The number of hydrogen-bond acceptors (Lipinski definition) is 5. The Morgan fingerprint density at radius 2 is 1.68 bits per heavy atom. The normalized spacial score (nSPS) is 23.4. The lowest BCUT2D eigenvalue weighted by Gasteiger charge is -2.22. The van der Waals surface area contributed by atoms with Gasteiger partial charge in [0.1, 0.15) is 11.8 Å². The monoisotopic (exact) mass is 354 g/mol. The Balaban J connectivity index is 1.46. The first-order chi connectivity index (χ1) is 12.1. The molecule has 128 valence electrons. The van der Waals surface area contributed by atoms with E-state index in [0.717, 1.165) is 18.8 Å². The quantitative estimate of drug-likeness (QED) is 0.839. The average Bonchev–Trinajstić information content (AvgIpc) is 3.22. The maximum Gasteiger partial charge on any atom is 0.243 e. The third-order valence-electron chi connectivity index (χ3n) is 5.06. The van der Waals surface area contributed by atoms with Gasteiger partial charge in [-0.15, -0.1) is 0 Å². The Hall–Kier alpha value is -2.43. The molecule has 2 unspecified atom stereocenters. The second kappa shape index (κ2) is 6.14. The Morgan fingerprint density at radius 3 is 2.24 bits per heavy atom. The number of nitriles is 1. The summed E-state index contributed by atoms with van der Waals surface area (Å²) in [6.07, 6.45) is 1.72. The first-order valence-corrected chi connectivity index (χ1v) is 9.68. The molecular formula is C18H18N4O2S. The highest BCUT2D eigenvalue weighted by atomic mass is 32.2. The summed E-state index contributed by atoms with van der Waals surface area (Å²) in [5, 5.41) is 8.84. The van der Waals surface area contributed by atoms with Gasteiger partial charge in [-0.2, -0.15) is 9.57 Å². The zero-order valence-electron chi connectivity index (χ0n) is 13.6. The Bertz CT molecular complexity index is 892. The summed E-state index contributed by atoms with van der Waals surface area (Å²) in [6, 6.07) is 14.3. The lowest BCUT2D eigenvalue weighted by Crippen LogP contribution is -2.33. The summed E-state index contributed by atoms with van der Waals surface area (Å²) in [6.45, 7) is 2.75. The van der Waals surface area contributed by atoms with E-state index in [-0.39, 0.29) is 0 Å². The van der Waals surface area contributed by atoms with E-state index in [9.17, 15) is 8.42 Å². The Labute approximate surface area is 147 Å². The van der Waals surface area contributed by atoms with Gasteiger partial charge in [-0.3, -0.25) is 0 Å². The van der Waals surface area contributed by atoms with Crippen LogP contribution in [-0.4, -0.2) is 43.9 Å². The van der Waals surface area contributed by atoms with Crippen molar-refractivity contribution in [3.8, 4) is 6.07 Å². The second-order valence-electron chi connectivity index (χ2n) is 6.57. The zero-order chi connectivity index (χ0) is 17.4. The first kappa shape index (κ1) is 16.1. The van der Waals surface area contributed by atoms with Crippen LogP contribution in [0, 0.1) is 23.2 Å². The molecule has 2 aliphatic rings. The van der Waals surface area contributed by atoms with E-state index < -0.39 is 10.0 Å². The van der Waals surface area contributed by atoms with Crippen LogP contribution in [-0.2, 0) is 10.0 Å². The summed E-state index contributed by atoms with van der Waals surface area (Å²) in [5.74, 6) is 0.656. The molecule has 0 radical (unpaired) electrons. The molecule has 2 aromatic rings. The highest BCUT2D eigenvalue weighted by Gasteiger charge is 2.44. The second-order valence-corrected chi connectivity index (χ2v) is 8.51. The van der Waals surface area contributed by atoms with Crippen molar-refractivity contribution in [3.63, 3.8) is 0 Å². The van der Waals surface area contributed by atoms with Gasteiger partial charge in [0.25, 0.3) is 0 Å². The molecule has 2 atom stereocenters. The maximum atomic E-state index is 12.8. The third kappa shape index (κ3) is 2.88. The highest BCUT2D eigenvalue weighted by molar-refractivity contribution is 7.89. The standard InChI is InChI=1S/C18H18N4O2S/c19-8-16-6-7-17(9-20-16)21-10-14-12-22(13-15(14)11-21)25(23,24)18-4-2-1-3-5-18/h1-7,9,14-15H,10-13H2. The van der Waals surface area contributed by atoms with E-state index in [1.54, 1.807) is 40.8 Å². The van der Waals surface area contributed by atoms with Crippen LogP contribution in [0.15, 0.2) is 53.6 Å². The molecule has 0 aliphatic carbocycles. The van der Waals surface area contributed by atoms with Crippen molar-refractivity contribution in [2.45, 2.75) is 4.90 Å². The van der Waals surface area contributed by atoms with Crippen LogP contribution in [0.25, 0.3) is 0 Å². The molecule has 6 nitrogen and oxygen atoms in total. The third-order valence-corrected chi connectivity index (χ3v) is 6.91. The molecule has 0 saturated carbocycles. The molecule has 2 fully saturated rings. The highest BCUT2D eigenvalue weighted by Crippen LogP contribution is 2.36. The van der Waals surface area contributed by atoms with Gasteiger partial charge in [-0.05, 0) is 36.1 Å². The van der Waals surface area contributed by atoms with Gasteiger partial charge in [-0.25, -0.2) is 13.4 Å². The number of nitrogens with zero attached hydrogens (tertiary/aromatic N) is 4. The SMILES string of the molecule is N#Cc1ccc(N2CC3CN(S(=O)(=O)c4ccccc4)CC3C2)cn1. The topological polar surface area (TPSA) is 77.3 Å². The number of fused-ring (bicyclic) bond motifs is 1. The lowest BCUT2D eigenvalue weighted by atomic mass is 10.0. The van der Waals surface area contributed by atoms with Gasteiger partial charge in [-0.1, -0.05) is 18.2 Å². The minimum Gasteiger partial charge on any atom is -0.370 e. The Morgan fingerprint density at radius 1 is 1.00 bits per heavy atom. The van der Waals surface area contributed by atoms with Crippen LogP contribution in [0.4, 0.5) is 5.69 Å². The molecule has 2 aliphatic heterocycles. The van der Waals surface area contributed by atoms with Crippen molar-refractivity contribution >= 4 is 15.7 Å². The molecule has 25 heavy (non-hydrogen) atoms. The molecule has 0 bridgehead atoms. The number of sulfonamides is 1. The molecule has 1 aromatic carbocycles. The average molecular weight is 354 g/mol. The van der Waals surface area contributed by atoms with Crippen molar-refractivity contribution in [1.82, 2.24) is 9.29 Å². The summed E-state index contributed by atoms with van der Waals surface area (Å²) in [4.78, 5) is 6.72. The predicted octanol–water partition coefficient (Wildman–Crippen LogP) is 1.71. The fourth-order valence-electron chi connectivity index (χ4n) is 3.74. The van der Waals surface area contributed by atoms with Crippen molar-refractivity contribution in [1.29, 1.82) is 5.26 Å². The number of benzene rings is 1. The van der Waals surface area contributed by atoms with E-state index >= 15 is 0 Å². The molecule has 1 aromatic heterocycles. The summed E-state index contributed by atoms with van der Waals surface area (Å²) in [7, 11) is -3.41. The number of hydrogen-bond donors (Lipinski definition) is 0. The summed E-state index contributed by atoms with van der Waals surface area (Å²) >= 11 is 0. The molecule has 0 N–H and O–H groups in total. The largest absolute Gasteiger partial charge is 0.370 e. The van der Waals surface area contributed by atoms with Crippen molar-refractivity contribution in [3.05, 3.63) is 54.4 Å². The van der Waals surface area contributed by atoms with Gasteiger partial charge >= 0.3 is 0 Å². The van der Waals surface area contributed by atoms with Crippen LogP contribution in [0.1, 0.15) is 5.69 Å². The van der Waals surface area contributed by atoms with Gasteiger partial charge in [0.15, 0.2) is 0 Å². The molecule has 7 heteroatoms. The van der Waals surface area contributed by atoms with Gasteiger partial charge < -0.3 is 4.90 Å². The predicted molar refractivity (Wildman–Crippen MR) is 93.3 cm³/mol. The lowest BCUT2D eigenvalue weighted by molar-refractivity contribution is 0.453. The first-order valence-electron chi connectivity index (χ1n) is 8.24. The van der Waals surface area contributed by atoms with E-state index in [1.165, 1.54) is 0 Å². The minimum atomic E-state index is -3.41. The minimum absolute atomic E-state index is 0.328. The van der Waals surface area contributed by atoms with Crippen molar-refractivity contribution in [2.24, 2.45) is 11.8 Å². The molecular weight excluding hydrogens is 336 g/mol. The molecule has 2 saturated heterocycles. The van der Waals surface area contributed by atoms with E-state index in [1.807, 2.05) is 18.2 Å². The van der Waals surface area contributed by atoms with Crippen molar-refractivity contribution in [2.75, 3.05) is 31.1 Å². The Kier molecular flexibility index (Phi) is 3.94. The van der Waals surface area contributed by atoms with Crippen LogP contribution >= 0.6 is 0 Å². The van der Waals surface area contributed by atoms with Crippen LogP contribution in [0.2, 0.25) is 0 Å². The van der Waals surface area contributed by atoms with Crippen LogP contribution in [0.3, 0.4) is 0 Å². The molecule has 4 rings (SSSR count). The van der Waals surface area contributed by atoms with E-state index in [2.05, 4.69) is 9.88 Å². The van der Waals surface area contributed by atoms with Gasteiger partial charge in [0, 0.05) is 26.2 Å². The van der Waals surface area contributed by atoms with E-state index in [4.69, 9.17) is 5.26 Å². The zero-order valence-corrected chi connectivity index (χ0v) is 14.4. The van der Waals surface area contributed by atoms with Crippen molar-refractivity contribution < 1.29 is 8.42 Å². The molecule has 0 amide bonds. The van der Waals surface area contributed by atoms with Gasteiger partial charge in [0.05, 0.1) is 16.8 Å². The number of rotatable bonds is 3. The summed E-state index contributed by atoms with van der Waals surface area (Å²) < 4.78 is 27.1. The summed E-state index contributed by atoms with van der Waals surface area (Å²) in [5.41, 5.74) is 1.40. The molecule has 3 heterocycles. The van der Waals surface area contributed by atoms with E-state index in [0.29, 0.717) is 35.5 Å². The fourth-order valence-corrected chi connectivity index (χ4v) is 5.31. The number of pyridine rings is 1. The van der Waals surface area contributed by atoms with Crippen LogP contribution < -0.4 is 4.90 Å². The fraction of sp³-hybridized carbons (Fsp3) is 0.333. The number of anilines is 1. The number of aromatic nitrogens is 1. The molecule has 0 spiro atoms. The smallest absolute Gasteiger partial charge is 0.243 e. The van der Waals surface area contributed by atoms with Gasteiger partial charge in [0.2, 0.25) is 10.0 Å². The maximum absolute atomic E-state index is 12.8. The van der Waals surface area contributed by atoms with Crippen LogP contribution in [0.5, 0.6) is 0 Å².